The van der Waals surface area contributed by atoms with Gasteiger partial charge in [-0.15, -0.1) is 0 Å². The predicted octanol–water partition coefficient (Wildman–Crippen LogP) is 2.07. The van der Waals surface area contributed by atoms with Crippen molar-refractivity contribution in [3.05, 3.63) is 29.9 Å². The Kier molecular flexibility index (Phi) is 2.34. The monoisotopic (exact) mass is 249 g/mol. The Morgan fingerprint density at radius 1 is 1.33 bits per heavy atom. The van der Waals surface area contributed by atoms with Crippen molar-refractivity contribution < 1.29 is 18.5 Å². The van der Waals surface area contributed by atoms with Crippen molar-refractivity contribution in [2.24, 2.45) is 0 Å². The maximum absolute atomic E-state index is 13.6. The van der Waals surface area contributed by atoms with Gasteiger partial charge in [0.2, 0.25) is 5.89 Å². The van der Waals surface area contributed by atoms with Gasteiger partial charge in [0.25, 0.3) is 0 Å². The van der Waals surface area contributed by atoms with Crippen molar-refractivity contribution in [2.45, 2.75) is 13.0 Å². The zero-order chi connectivity index (χ0) is 12.7. The highest BCUT2D eigenvalue weighted by Gasteiger charge is 2.15. The minimum atomic E-state index is -0.770. The molecular weight excluding hydrogens is 241 g/mol. The second-order valence-electron chi connectivity index (χ2n) is 3.83. The van der Waals surface area contributed by atoms with Gasteiger partial charge in [-0.1, -0.05) is 0 Å². The summed E-state index contributed by atoms with van der Waals surface area (Å²) in [5.41, 5.74) is 0.741. The Morgan fingerprint density at radius 2 is 2.17 bits per heavy atom. The maximum Gasteiger partial charge on any atom is 0.226 e. The molecule has 1 N–H and O–H groups in total. The minimum Gasteiger partial charge on any atom is -0.438 e. The molecule has 18 heavy (non-hydrogen) atoms. The number of rotatable bonds is 2. The van der Waals surface area contributed by atoms with E-state index in [1.807, 2.05) is 0 Å². The molecule has 0 saturated carbocycles. The molecule has 1 aromatic carbocycles. The van der Waals surface area contributed by atoms with E-state index in [4.69, 9.17) is 4.42 Å². The third-order valence-electron chi connectivity index (χ3n) is 2.50. The van der Waals surface area contributed by atoms with Crippen molar-refractivity contribution in [3.63, 3.8) is 0 Å². The summed E-state index contributed by atoms with van der Waals surface area (Å²) < 4.78 is 23.4. The molecule has 0 bridgehead atoms. The normalized spacial score (nSPS) is 13.1. The molecule has 1 unspecified atom stereocenters. The molecule has 0 amide bonds. The summed E-state index contributed by atoms with van der Waals surface area (Å²) in [7, 11) is 0. The van der Waals surface area contributed by atoms with Crippen LogP contribution in [0.3, 0.4) is 0 Å². The molecule has 0 aliphatic rings. The van der Waals surface area contributed by atoms with E-state index in [0.717, 1.165) is 0 Å². The molecule has 0 saturated heterocycles. The van der Waals surface area contributed by atoms with Gasteiger partial charge in [-0.3, -0.25) is 0 Å². The van der Waals surface area contributed by atoms with E-state index in [1.165, 1.54) is 12.3 Å². The lowest BCUT2D eigenvalue weighted by Gasteiger charge is -1.98. The van der Waals surface area contributed by atoms with Gasteiger partial charge >= 0.3 is 0 Å². The highest BCUT2D eigenvalue weighted by atomic mass is 19.1. The maximum atomic E-state index is 13.6. The Labute approximate surface area is 100 Å². The molecule has 3 aromatic rings. The average Bonchev–Trinajstić information content (AvgIpc) is 2.97. The number of oxazole rings is 1. The fraction of sp³-hybridized carbons (Fsp3) is 0.182. The van der Waals surface area contributed by atoms with Crippen molar-refractivity contribution in [2.75, 3.05) is 0 Å². The second kappa shape index (κ2) is 3.88. The number of aliphatic hydroxyl groups is 1. The van der Waals surface area contributed by atoms with Gasteiger partial charge < -0.3 is 9.52 Å². The summed E-state index contributed by atoms with van der Waals surface area (Å²) in [4.78, 5) is 3.97. The summed E-state index contributed by atoms with van der Waals surface area (Å²) >= 11 is 0. The number of aromatic nitrogens is 3. The van der Waals surface area contributed by atoms with Gasteiger partial charge in [-0.05, 0) is 29.4 Å². The fourth-order valence-corrected chi connectivity index (χ4v) is 1.59. The topological polar surface area (TPSA) is 85.2 Å². The largest absolute Gasteiger partial charge is 0.438 e. The lowest BCUT2D eigenvalue weighted by Crippen LogP contribution is -1.86. The van der Waals surface area contributed by atoms with Crippen LogP contribution in [0.25, 0.3) is 22.5 Å². The lowest BCUT2D eigenvalue weighted by molar-refractivity contribution is 0.170. The predicted molar refractivity (Wildman–Crippen MR) is 57.9 cm³/mol. The van der Waals surface area contributed by atoms with Crippen LogP contribution in [0.5, 0.6) is 0 Å². The van der Waals surface area contributed by atoms with Crippen LogP contribution in [0.4, 0.5) is 4.39 Å². The first kappa shape index (κ1) is 10.8. The van der Waals surface area contributed by atoms with E-state index in [0.29, 0.717) is 11.3 Å². The van der Waals surface area contributed by atoms with Crippen LogP contribution in [-0.4, -0.2) is 20.4 Å². The first-order valence-corrected chi connectivity index (χ1v) is 5.21. The highest BCUT2D eigenvalue weighted by molar-refractivity contribution is 5.79. The standard InChI is InChI=1S/C11H8FN3O3/c1-5(16)9-4-13-11(17-9)6-2-7(12)10-8(3-6)14-18-15-10/h2-5,16H,1H3. The first-order valence-electron chi connectivity index (χ1n) is 5.21. The molecule has 0 radical (unpaired) electrons. The molecule has 2 aromatic heterocycles. The second-order valence-corrected chi connectivity index (χ2v) is 3.83. The summed E-state index contributed by atoms with van der Waals surface area (Å²) in [6.45, 7) is 1.55. The summed E-state index contributed by atoms with van der Waals surface area (Å²) in [5.74, 6) is -0.0565. The number of hydrogen-bond donors (Lipinski definition) is 1. The molecule has 2 heterocycles. The number of fused-ring (bicyclic) bond motifs is 1. The Bertz CT molecular complexity index is 704. The summed E-state index contributed by atoms with van der Waals surface area (Å²) in [6, 6.07) is 2.77. The van der Waals surface area contributed by atoms with E-state index in [1.54, 1.807) is 13.0 Å². The molecule has 1 atom stereocenters. The van der Waals surface area contributed by atoms with E-state index in [9.17, 15) is 9.50 Å². The van der Waals surface area contributed by atoms with E-state index >= 15 is 0 Å². The third kappa shape index (κ3) is 1.65. The van der Waals surface area contributed by atoms with Crippen LogP contribution in [0.2, 0.25) is 0 Å². The van der Waals surface area contributed by atoms with Gasteiger partial charge in [0.05, 0.1) is 6.20 Å². The number of nitrogens with zero attached hydrogens (tertiary/aromatic N) is 3. The zero-order valence-corrected chi connectivity index (χ0v) is 9.29. The number of hydrogen-bond acceptors (Lipinski definition) is 6. The van der Waals surface area contributed by atoms with Crippen LogP contribution < -0.4 is 0 Å². The van der Waals surface area contributed by atoms with Crippen LogP contribution in [0.15, 0.2) is 27.4 Å². The molecule has 0 spiro atoms. The van der Waals surface area contributed by atoms with Crippen molar-refractivity contribution in [1.82, 2.24) is 15.3 Å². The van der Waals surface area contributed by atoms with Crippen molar-refractivity contribution in [3.8, 4) is 11.5 Å². The number of aliphatic hydroxyl groups excluding tert-OH is 1. The molecule has 0 fully saturated rings. The zero-order valence-electron chi connectivity index (χ0n) is 9.29. The van der Waals surface area contributed by atoms with Crippen LogP contribution in [-0.2, 0) is 0 Å². The lowest BCUT2D eigenvalue weighted by atomic mass is 10.2. The van der Waals surface area contributed by atoms with Crippen LogP contribution >= 0.6 is 0 Å². The first-order chi connectivity index (χ1) is 8.65. The van der Waals surface area contributed by atoms with E-state index in [-0.39, 0.29) is 16.9 Å². The van der Waals surface area contributed by atoms with Gasteiger partial charge in [0, 0.05) is 5.56 Å². The Balaban J connectivity index is 2.12. The number of benzene rings is 1. The molecule has 6 nitrogen and oxygen atoms in total. The summed E-state index contributed by atoms with van der Waals surface area (Å²) in [5, 5.41) is 16.3. The van der Waals surface area contributed by atoms with Crippen molar-refractivity contribution >= 4 is 11.0 Å². The van der Waals surface area contributed by atoms with E-state index < -0.39 is 11.9 Å². The Morgan fingerprint density at radius 3 is 2.89 bits per heavy atom. The fourth-order valence-electron chi connectivity index (χ4n) is 1.59. The van der Waals surface area contributed by atoms with Gasteiger partial charge in [0.1, 0.15) is 11.6 Å². The van der Waals surface area contributed by atoms with Gasteiger partial charge in [-0.25, -0.2) is 14.0 Å². The summed E-state index contributed by atoms with van der Waals surface area (Å²) in [6.07, 6.45) is 0.622. The molecule has 92 valence electrons. The molecule has 7 heteroatoms. The molecule has 3 rings (SSSR count). The molecule has 0 aliphatic carbocycles. The van der Waals surface area contributed by atoms with Crippen LogP contribution in [0, 0.1) is 5.82 Å². The quantitative estimate of drug-likeness (QED) is 0.748. The van der Waals surface area contributed by atoms with E-state index in [2.05, 4.69) is 19.9 Å². The number of halogens is 1. The van der Waals surface area contributed by atoms with Crippen molar-refractivity contribution in [1.29, 1.82) is 0 Å². The van der Waals surface area contributed by atoms with Gasteiger partial charge in [0.15, 0.2) is 17.1 Å². The highest BCUT2D eigenvalue weighted by Crippen LogP contribution is 2.26. The molecule has 0 aliphatic heterocycles. The smallest absolute Gasteiger partial charge is 0.226 e. The van der Waals surface area contributed by atoms with Gasteiger partial charge in [-0.2, -0.15) is 0 Å². The average molecular weight is 249 g/mol. The minimum absolute atomic E-state index is 0.0565. The third-order valence-corrected chi connectivity index (χ3v) is 2.50. The SMILES string of the molecule is CC(O)c1cnc(-c2cc(F)c3nonc3c2)o1. The Hall–Kier alpha value is -2.28. The molecular formula is C11H8FN3O3. The van der Waals surface area contributed by atoms with Crippen LogP contribution in [0.1, 0.15) is 18.8 Å².